The first-order chi connectivity index (χ1) is 10.2. The molecule has 0 aromatic heterocycles. The number of halogens is 1. The van der Waals surface area contributed by atoms with E-state index in [1.165, 1.54) is 0 Å². The van der Waals surface area contributed by atoms with Gasteiger partial charge in [-0.1, -0.05) is 17.7 Å². The monoisotopic (exact) mass is 313 g/mol. The summed E-state index contributed by atoms with van der Waals surface area (Å²) < 4.78 is 10.8. The van der Waals surface area contributed by atoms with Crippen molar-refractivity contribution in [1.82, 2.24) is 10.6 Å². The molecule has 1 atom stereocenters. The largest absolute Gasteiger partial charge is 0.489 e. The van der Waals surface area contributed by atoms with Gasteiger partial charge in [-0.25, -0.2) is 4.99 Å². The minimum Gasteiger partial charge on any atom is -0.489 e. The van der Waals surface area contributed by atoms with Gasteiger partial charge < -0.3 is 20.1 Å². The Labute approximate surface area is 131 Å². The van der Waals surface area contributed by atoms with Crippen molar-refractivity contribution in [2.75, 3.05) is 33.4 Å². The topological polar surface area (TPSA) is 54.9 Å². The number of methoxy groups -OCH3 is 1. The fourth-order valence-corrected chi connectivity index (χ4v) is 1.82. The Morgan fingerprint density at radius 2 is 2.19 bits per heavy atom. The Kier molecular flexibility index (Phi) is 8.62. The molecule has 5 nitrogen and oxygen atoms in total. The van der Waals surface area contributed by atoms with Gasteiger partial charge >= 0.3 is 0 Å². The van der Waals surface area contributed by atoms with Crippen molar-refractivity contribution in [3.05, 3.63) is 29.3 Å². The second-order valence-corrected chi connectivity index (χ2v) is 4.96. The third kappa shape index (κ3) is 7.78. The van der Waals surface area contributed by atoms with Crippen LogP contribution >= 0.6 is 11.6 Å². The van der Waals surface area contributed by atoms with E-state index in [0.29, 0.717) is 24.7 Å². The minimum atomic E-state index is -0.0404. The average Bonchev–Trinajstić information content (AvgIpc) is 2.45. The van der Waals surface area contributed by atoms with Gasteiger partial charge in [0.25, 0.3) is 0 Å². The summed E-state index contributed by atoms with van der Waals surface area (Å²) in [6.07, 6.45) is -0.0404. The Morgan fingerprint density at radius 1 is 1.38 bits per heavy atom. The maximum Gasteiger partial charge on any atom is 0.191 e. The first-order valence-electron chi connectivity index (χ1n) is 7.09. The highest BCUT2D eigenvalue weighted by Gasteiger charge is 2.05. The smallest absolute Gasteiger partial charge is 0.191 e. The summed E-state index contributed by atoms with van der Waals surface area (Å²) in [6.45, 7) is 6.71. The van der Waals surface area contributed by atoms with Gasteiger partial charge in [0.05, 0.1) is 13.2 Å². The molecule has 0 bridgehead atoms. The van der Waals surface area contributed by atoms with Crippen molar-refractivity contribution >= 4 is 17.6 Å². The van der Waals surface area contributed by atoms with Crippen LogP contribution in [-0.2, 0) is 4.74 Å². The van der Waals surface area contributed by atoms with Crippen molar-refractivity contribution in [1.29, 1.82) is 0 Å². The van der Waals surface area contributed by atoms with Crippen LogP contribution in [0.4, 0.5) is 0 Å². The summed E-state index contributed by atoms with van der Waals surface area (Å²) in [5.74, 6) is 1.51. The molecule has 118 valence electrons. The van der Waals surface area contributed by atoms with E-state index in [0.717, 1.165) is 18.3 Å². The molecular formula is C15H24ClN3O2. The lowest BCUT2D eigenvalue weighted by Crippen LogP contribution is -2.39. The van der Waals surface area contributed by atoms with Gasteiger partial charge in [-0.3, -0.25) is 0 Å². The number of nitrogens with zero attached hydrogens (tertiary/aromatic N) is 1. The Balaban J connectivity index is 2.46. The van der Waals surface area contributed by atoms with Crippen LogP contribution in [0.2, 0.25) is 5.02 Å². The number of rotatable bonds is 8. The highest BCUT2D eigenvalue weighted by atomic mass is 35.5. The van der Waals surface area contributed by atoms with Gasteiger partial charge in [-0.2, -0.15) is 0 Å². The molecule has 0 saturated heterocycles. The van der Waals surface area contributed by atoms with Crippen LogP contribution in [0.1, 0.15) is 13.8 Å². The number of benzene rings is 1. The van der Waals surface area contributed by atoms with E-state index in [1.54, 1.807) is 13.2 Å². The molecule has 0 aliphatic rings. The van der Waals surface area contributed by atoms with Crippen LogP contribution in [0.25, 0.3) is 0 Å². The molecule has 0 heterocycles. The SMILES string of the molecule is CCNC(=NCC(C)Oc1cccc(Cl)c1)NCCOC. The van der Waals surface area contributed by atoms with Crippen LogP contribution in [0.3, 0.4) is 0 Å². The lowest BCUT2D eigenvalue weighted by Gasteiger charge is -2.15. The molecule has 0 fully saturated rings. The number of ether oxygens (including phenoxy) is 2. The highest BCUT2D eigenvalue weighted by molar-refractivity contribution is 6.30. The second-order valence-electron chi connectivity index (χ2n) is 4.53. The van der Waals surface area contributed by atoms with Crippen molar-refractivity contribution < 1.29 is 9.47 Å². The van der Waals surface area contributed by atoms with Crippen LogP contribution in [-0.4, -0.2) is 45.4 Å². The molecule has 1 aromatic carbocycles. The second kappa shape index (κ2) is 10.3. The van der Waals surface area contributed by atoms with Crippen LogP contribution in [0.15, 0.2) is 29.3 Å². The lowest BCUT2D eigenvalue weighted by atomic mass is 10.3. The Morgan fingerprint density at radius 3 is 2.86 bits per heavy atom. The molecule has 1 rings (SSSR count). The quantitative estimate of drug-likeness (QED) is 0.439. The zero-order valence-corrected chi connectivity index (χ0v) is 13.6. The number of nitrogens with one attached hydrogen (secondary N) is 2. The number of aliphatic imine (C=N–C) groups is 1. The molecule has 6 heteroatoms. The third-order valence-corrected chi connectivity index (χ3v) is 2.82. The molecule has 0 radical (unpaired) electrons. The lowest BCUT2D eigenvalue weighted by molar-refractivity contribution is 0.203. The summed E-state index contributed by atoms with van der Waals surface area (Å²) in [6, 6.07) is 7.36. The van der Waals surface area contributed by atoms with Gasteiger partial charge in [0.2, 0.25) is 0 Å². The average molecular weight is 314 g/mol. The molecule has 0 aliphatic heterocycles. The number of hydrogen-bond donors (Lipinski definition) is 2. The number of hydrogen-bond acceptors (Lipinski definition) is 3. The molecule has 1 aromatic rings. The van der Waals surface area contributed by atoms with E-state index in [2.05, 4.69) is 15.6 Å². The molecule has 21 heavy (non-hydrogen) atoms. The standard InChI is InChI=1S/C15H24ClN3O2/c1-4-17-15(18-8-9-20-3)19-11-12(2)21-14-7-5-6-13(16)10-14/h5-7,10,12H,4,8-9,11H2,1-3H3,(H2,17,18,19). The zero-order chi connectivity index (χ0) is 15.5. The number of guanidine groups is 1. The van der Waals surface area contributed by atoms with Crippen molar-refractivity contribution in [2.45, 2.75) is 20.0 Å². The van der Waals surface area contributed by atoms with Gasteiger partial charge in [-0.05, 0) is 32.0 Å². The van der Waals surface area contributed by atoms with Crippen molar-refractivity contribution in [3.63, 3.8) is 0 Å². The summed E-state index contributed by atoms with van der Waals surface area (Å²) in [5.41, 5.74) is 0. The summed E-state index contributed by atoms with van der Waals surface area (Å²) in [5, 5.41) is 7.03. The molecule has 0 saturated carbocycles. The Bertz CT molecular complexity index is 441. The van der Waals surface area contributed by atoms with E-state index in [-0.39, 0.29) is 6.10 Å². The van der Waals surface area contributed by atoms with E-state index in [9.17, 15) is 0 Å². The van der Waals surface area contributed by atoms with Crippen molar-refractivity contribution in [3.8, 4) is 5.75 Å². The van der Waals surface area contributed by atoms with Crippen LogP contribution in [0.5, 0.6) is 5.75 Å². The zero-order valence-electron chi connectivity index (χ0n) is 12.9. The predicted molar refractivity (Wildman–Crippen MR) is 87.4 cm³/mol. The predicted octanol–water partition coefficient (Wildman–Crippen LogP) is 2.31. The first-order valence-corrected chi connectivity index (χ1v) is 7.46. The normalized spacial score (nSPS) is 12.9. The summed E-state index contributed by atoms with van der Waals surface area (Å²) in [7, 11) is 1.67. The van der Waals surface area contributed by atoms with Crippen LogP contribution < -0.4 is 15.4 Å². The van der Waals surface area contributed by atoms with Crippen LogP contribution in [0, 0.1) is 0 Å². The fourth-order valence-electron chi connectivity index (χ4n) is 1.64. The third-order valence-electron chi connectivity index (χ3n) is 2.58. The summed E-state index contributed by atoms with van der Waals surface area (Å²) >= 11 is 5.93. The summed E-state index contributed by atoms with van der Waals surface area (Å²) in [4.78, 5) is 4.48. The fraction of sp³-hybridized carbons (Fsp3) is 0.533. The molecule has 0 amide bonds. The maximum atomic E-state index is 5.93. The van der Waals surface area contributed by atoms with E-state index in [1.807, 2.05) is 32.0 Å². The maximum absolute atomic E-state index is 5.93. The molecular weight excluding hydrogens is 290 g/mol. The molecule has 1 unspecified atom stereocenters. The molecule has 0 aliphatic carbocycles. The molecule has 2 N–H and O–H groups in total. The van der Waals surface area contributed by atoms with Gasteiger partial charge in [0.1, 0.15) is 11.9 Å². The van der Waals surface area contributed by atoms with E-state index >= 15 is 0 Å². The highest BCUT2D eigenvalue weighted by Crippen LogP contribution is 2.18. The first kappa shape index (κ1) is 17.6. The molecule has 0 spiro atoms. The minimum absolute atomic E-state index is 0.0404. The van der Waals surface area contributed by atoms with Crippen molar-refractivity contribution in [2.24, 2.45) is 4.99 Å². The van der Waals surface area contributed by atoms with E-state index < -0.39 is 0 Å². The van der Waals surface area contributed by atoms with Gasteiger partial charge in [0.15, 0.2) is 5.96 Å². The van der Waals surface area contributed by atoms with Gasteiger partial charge in [0, 0.05) is 25.2 Å². The Hall–Kier alpha value is -1.46. The van der Waals surface area contributed by atoms with Gasteiger partial charge in [-0.15, -0.1) is 0 Å². The van der Waals surface area contributed by atoms with E-state index in [4.69, 9.17) is 21.1 Å².